The van der Waals surface area contributed by atoms with E-state index in [2.05, 4.69) is 15.3 Å². The molecule has 2 aromatic heterocycles. The van der Waals surface area contributed by atoms with Crippen molar-refractivity contribution in [3.8, 4) is 11.4 Å². The lowest BCUT2D eigenvalue weighted by molar-refractivity contribution is -0.137. The smallest absolute Gasteiger partial charge is 0.298 e. The first-order valence-electron chi connectivity index (χ1n) is 7.45. The van der Waals surface area contributed by atoms with E-state index in [9.17, 15) is 18.0 Å². The number of thiazole rings is 1. The Morgan fingerprint density at radius 1 is 1.08 bits per heavy atom. The van der Waals surface area contributed by atoms with Gasteiger partial charge in [0.1, 0.15) is 5.69 Å². The average molecular weight is 375 g/mol. The number of pyridine rings is 1. The lowest BCUT2D eigenvalue weighted by Crippen LogP contribution is -2.07. The zero-order valence-electron chi connectivity index (χ0n) is 13.2. The minimum Gasteiger partial charge on any atom is -0.298 e. The Morgan fingerprint density at radius 2 is 1.85 bits per heavy atom. The summed E-state index contributed by atoms with van der Waals surface area (Å²) in [5.41, 5.74) is 1.10. The zero-order chi connectivity index (χ0) is 18.6. The van der Waals surface area contributed by atoms with Gasteiger partial charge < -0.3 is 0 Å². The van der Waals surface area contributed by atoms with Gasteiger partial charge >= 0.3 is 6.18 Å². The van der Waals surface area contributed by atoms with E-state index in [1.54, 1.807) is 17.6 Å². The summed E-state index contributed by atoms with van der Waals surface area (Å²) in [7, 11) is 0. The van der Waals surface area contributed by atoms with Crippen LogP contribution in [-0.2, 0) is 11.0 Å². The molecule has 3 rings (SSSR count). The standard InChI is InChI=1S/C18H12F3N3OS/c19-18(20,21)13-7-4-12(5-8-13)6-9-16(25)24-17-23-15(11-26-17)14-3-1-2-10-22-14/h1-11H,(H,23,24,25)/b9-6+. The van der Waals surface area contributed by atoms with E-state index in [4.69, 9.17) is 0 Å². The highest BCUT2D eigenvalue weighted by Crippen LogP contribution is 2.29. The number of carbonyl (C=O) groups excluding carboxylic acids is 1. The fourth-order valence-electron chi connectivity index (χ4n) is 2.07. The number of halogens is 3. The highest BCUT2D eigenvalue weighted by Gasteiger charge is 2.29. The molecule has 8 heteroatoms. The Balaban J connectivity index is 1.62. The molecule has 0 atom stereocenters. The summed E-state index contributed by atoms with van der Waals surface area (Å²) in [6.07, 6.45) is -0.0529. The monoisotopic (exact) mass is 375 g/mol. The number of amides is 1. The van der Waals surface area contributed by atoms with Crippen LogP contribution in [0.2, 0.25) is 0 Å². The van der Waals surface area contributed by atoms with E-state index in [-0.39, 0.29) is 0 Å². The molecule has 0 saturated heterocycles. The van der Waals surface area contributed by atoms with Crippen LogP contribution in [0.1, 0.15) is 11.1 Å². The first-order chi connectivity index (χ1) is 12.4. The number of rotatable bonds is 4. The maximum atomic E-state index is 12.5. The Morgan fingerprint density at radius 3 is 2.50 bits per heavy atom. The van der Waals surface area contributed by atoms with Crippen molar-refractivity contribution < 1.29 is 18.0 Å². The molecule has 0 aliphatic rings. The van der Waals surface area contributed by atoms with E-state index in [0.29, 0.717) is 22.1 Å². The van der Waals surface area contributed by atoms with Crippen molar-refractivity contribution in [2.75, 3.05) is 5.32 Å². The topological polar surface area (TPSA) is 54.9 Å². The molecule has 1 aromatic carbocycles. The van der Waals surface area contributed by atoms with Crippen molar-refractivity contribution in [1.29, 1.82) is 0 Å². The van der Waals surface area contributed by atoms with Crippen LogP contribution < -0.4 is 5.32 Å². The van der Waals surface area contributed by atoms with Crippen LogP contribution in [0.25, 0.3) is 17.5 Å². The predicted octanol–water partition coefficient (Wildman–Crippen LogP) is 4.88. The summed E-state index contributed by atoms with van der Waals surface area (Å²) in [6.45, 7) is 0. The van der Waals surface area contributed by atoms with E-state index < -0.39 is 17.6 Å². The number of hydrogen-bond donors (Lipinski definition) is 1. The lowest BCUT2D eigenvalue weighted by atomic mass is 10.1. The molecule has 0 radical (unpaired) electrons. The number of carbonyl (C=O) groups is 1. The molecule has 0 bridgehead atoms. The molecule has 26 heavy (non-hydrogen) atoms. The highest BCUT2D eigenvalue weighted by molar-refractivity contribution is 7.14. The van der Waals surface area contributed by atoms with E-state index in [1.165, 1.54) is 35.6 Å². The average Bonchev–Trinajstić information content (AvgIpc) is 3.09. The first-order valence-corrected chi connectivity index (χ1v) is 8.33. The molecule has 0 aliphatic heterocycles. The van der Waals surface area contributed by atoms with Crippen molar-refractivity contribution in [3.63, 3.8) is 0 Å². The van der Waals surface area contributed by atoms with E-state index in [1.807, 2.05) is 12.1 Å². The van der Waals surface area contributed by atoms with Gasteiger partial charge in [0.05, 0.1) is 11.3 Å². The van der Waals surface area contributed by atoms with Gasteiger partial charge in [-0.25, -0.2) is 4.98 Å². The van der Waals surface area contributed by atoms with Crippen LogP contribution in [0.4, 0.5) is 18.3 Å². The van der Waals surface area contributed by atoms with Crippen LogP contribution >= 0.6 is 11.3 Å². The number of hydrogen-bond acceptors (Lipinski definition) is 4. The summed E-state index contributed by atoms with van der Waals surface area (Å²) in [6, 6.07) is 9.99. The van der Waals surface area contributed by atoms with Gasteiger partial charge in [0, 0.05) is 17.7 Å². The molecule has 2 heterocycles. The molecule has 3 aromatic rings. The molecule has 0 unspecified atom stereocenters. The van der Waals surface area contributed by atoms with Gasteiger partial charge in [0.25, 0.3) is 0 Å². The quantitative estimate of drug-likeness (QED) is 0.662. The van der Waals surface area contributed by atoms with Crippen LogP contribution in [0, 0.1) is 0 Å². The van der Waals surface area contributed by atoms with E-state index in [0.717, 1.165) is 12.1 Å². The molecule has 0 spiro atoms. The number of aromatic nitrogens is 2. The predicted molar refractivity (Wildman–Crippen MR) is 94.5 cm³/mol. The normalized spacial score (nSPS) is 11.7. The van der Waals surface area contributed by atoms with Gasteiger partial charge in [0.15, 0.2) is 5.13 Å². The lowest BCUT2D eigenvalue weighted by Gasteiger charge is -2.05. The molecule has 1 N–H and O–H groups in total. The molecule has 0 aliphatic carbocycles. The van der Waals surface area contributed by atoms with Crippen LogP contribution in [0.3, 0.4) is 0 Å². The number of nitrogens with zero attached hydrogens (tertiary/aromatic N) is 2. The maximum Gasteiger partial charge on any atom is 0.416 e. The van der Waals surface area contributed by atoms with Crippen molar-refractivity contribution in [2.24, 2.45) is 0 Å². The Hall–Kier alpha value is -3.00. The van der Waals surface area contributed by atoms with Gasteiger partial charge in [-0.05, 0) is 35.9 Å². The second-order valence-corrected chi connectivity index (χ2v) is 6.05. The van der Waals surface area contributed by atoms with Crippen molar-refractivity contribution in [3.05, 3.63) is 71.2 Å². The summed E-state index contributed by atoms with van der Waals surface area (Å²) < 4.78 is 37.5. The number of alkyl halides is 3. The third-order valence-electron chi connectivity index (χ3n) is 3.33. The zero-order valence-corrected chi connectivity index (χ0v) is 14.0. The Bertz CT molecular complexity index is 919. The van der Waals surface area contributed by atoms with Gasteiger partial charge in [0.2, 0.25) is 5.91 Å². The van der Waals surface area contributed by atoms with Gasteiger partial charge in [-0.3, -0.25) is 15.1 Å². The molecule has 0 saturated carbocycles. The van der Waals surface area contributed by atoms with Crippen molar-refractivity contribution >= 4 is 28.5 Å². The molecule has 132 valence electrons. The minimum absolute atomic E-state index is 0.410. The first kappa shape index (κ1) is 17.8. The Kier molecular flexibility index (Phi) is 5.13. The minimum atomic E-state index is -4.38. The van der Waals surface area contributed by atoms with Gasteiger partial charge in [-0.1, -0.05) is 18.2 Å². The summed E-state index contributed by atoms with van der Waals surface area (Å²) in [4.78, 5) is 20.4. The highest BCUT2D eigenvalue weighted by atomic mass is 32.1. The second kappa shape index (κ2) is 7.49. The maximum absolute atomic E-state index is 12.5. The Labute approximate surface area is 151 Å². The largest absolute Gasteiger partial charge is 0.416 e. The number of anilines is 1. The van der Waals surface area contributed by atoms with Crippen molar-refractivity contribution in [2.45, 2.75) is 6.18 Å². The van der Waals surface area contributed by atoms with Crippen molar-refractivity contribution in [1.82, 2.24) is 9.97 Å². The summed E-state index contributed by atoms with van der Waals surface area (Å²) in [5, 5.41) is 4.80. The molecule has 1 amide bonds. The fourth-order valence-corrected chi connectivity index (χ4v) is 2.77. The molecular weight excluding hydrogens is 363 g/mol. The van der Waals surface area contributed by atoms with Crippen LogP contribution in [0.5, 0.6) is 0 Å². The summed E-state index contributed by atoms with van der Waals surface area (Å²) in [5.74, 6) is -0.424. The summed E-state index contributed by atoms with van der Waals surface area (Å²) >= 11 is 1.26. The number of nitrogens with one attached hydrogen (secondary N) is 1. The van der Waals surface area contributed by atoms with Gasteiger partial charge in [-0.2, -0.15) is 13.2 Å². The third kappa shape index (κ3) is 4.54. The second-order valence-electron chi connectivity index (χ2n) is 5.20. The van der Waals surface area contributed by atoms with E-state index >= 15 is 0 Å². The molecule has 0 fully saturated rings. The SMILES string of the molecule is O=C(/C=C/c1ccc(C(F)(F)F)cc1)Nc1nc(-c2ccccn2)cs1. The third-order valence-corrected chi connectivity index (χ3v) is 4.08. The van der Waals surface area contributed by atoms with Crippen LogP contribution in [-0.4, -0.2) is 15.9 Å². The van der Waals surface area contributed by atoms with Gasteiger partial charge in [-0.15, -0.1) is 11.3 Å². The fraction of sp³-hybridized carbons (Fsp3) is 0.0556. The number of benzene rings is 1. The molecule has 4 nitrogen and oxygen atoms in total. The molecular formula is C18H12F3N3OS. The van der Waals surface area contributed by atoms with Crippen LogP contribution in [0.15, 0.2) is 60.1 Å².